The van der Waals surface area contributed by atoms with Crippen LogP contribution in [0, 0.1) is 34.9 Å². The number of aliphatic hydroxyl groups is 1. The van der Waals surface area contributed by atoms with E-state index >= 15 is 4.39 Å². The number of aliphatic hydroxyl groups excluding tert-OH is 1. The summed E-state index contributed by atoms with van der Waals surface area (Å²) in [6.07, 6.45) is 2.73. The minimum Gasteiger partial charge on any atom is -0.474 e. The van der Waals surface area contributed by atoms with E-state index in [0.29, 0.717) is 30.3 Å². The van der Waals surface area contributed by atoms with Gasteiger partial charge in [-0.05, 0) is 55.7 Å². The number of sulfonamides is 3. The first-order valence-corrected chi connectivity index (χ1v) is 26.8. The molecule has 396 valence electrons. The van der Waals surface area contributed by atoms with Crippen molar-refractivity contribution in [3.05, 3.63) is 123 Å². The van der Waals surface area contributed by atoms with Crippen molar-refractivity contribution in [2.45, 2.75) is 40.0 Å². The summed E-state index contributed by atoms with van der Waals surface area (Å²) in [5.74, 6) is -14.6. The smallest absolute Gasteiger partial charge is 0.248 e. The van der Waals surface area contributed by atoms with Crippen LogP contribution >= 0.6 is 11.6 Å². The molecule has 0 radical (unpaired) electrons. The average molecular weight is 1110 g/mol. The summed E-state index contributed by atoms with van der Waals surface area (Å²) in [7, 11) is -10.4. The van der Waals surface area contributed by atoms with Crippen molar-refractivity contribution in [2.75, 3.05) is 66.3 Å². The highest BCUT2D eigenvalue weighted by molar-refractivity contribution is 8.10. The van der Waals surface area contributed by atoms with Crippen molar-refractivity contribution in [1.29, 1.82) is 0 Å². The van der Waals surface area contributed by atoms with Gasteiger partial charge in [0, 0.05) is 37.5 Å². The van der Waals surface area contributed by atoms with Gasteiger partial charge in [-0.2, -0.15) is 3.71 Å². The Morgan fingerprint density at radius 2 is 1.12 bits per heavy atom. The first-order chi connectivity index (χ1) is 34.4. The molecule has 0 aliphatic heterocycles. The Balaban J connectivity index is 0.000000290. The fourth-order valence-electron chi connectivity index (χ4n) is 6.39. The molecule has 0 bridgehead atoms. The van der Waals surface area contributed by atoms with Crippen LogP contribution < -0.4 is 13.2 Å². The third-order valence-electron chi connectivity index (χ3n) is 9.50. The predicted molar refractivity (Wildman–Crippen MR) is 258 cm³/mol. The molecule has 6 rings (SSSR count). The third kappa shape index (κ3) is 15.0. The van der Waals surface area contributed by atoms with Crippen LogP contribution in [0.5, 0.6) is 5.88 Å². The molecular weight excluding hydrogens is 1060 g/mol. The summed E-state index contributed by atoms with van der Waals surface area (Å²) >= 11 is 5.78. The Morgan fingerprint density at radius 3 is 1.62 bits per heavy atom. The van der Waals surface area contributed by atoms with E-state index in [4.69, 9.17) is 26.2 Å². The maximum Gasteiger partial charge on any atom is 0.248 e. The van der Waals surface area contributed by atoms with E-state index in [2.05, 4.69) is 24.7 Å². The summed E-state index contributed by atoms with van der Waals surface area (Å²) in [6.45, 7) is 5.52. The van der Waals surface area contributed by atoms with Crippen LogP contribution in [-0.2, 0) is 39.5 Å². The topological polar surface area (TPSA) is 251 Å². The summed E-state index contributed by atoms with van der Waals surface area (Å²) in [6, 6.07) is 7.89. The SMILES string of the molecule is CCCS(=O)(=O)N(c1cc(F)c(F)c(C(=O)c2ccc3ncc(Cl)nc3c2)c1F)S(=O)(=O)CCC.CCCS(=O)(=O)Nc1cc(F)c(F)c(C(=O)c2ccc3ncc(OCCOC)nc3c2)c1F.COCCO. The van der Waals surface area contributed by atoms with Crippen molar-refractivity contribution in [3.63, 3.8) is 0 Å². The van der Waals surface area contributed by atoms with Crippen molar-refractivity contribution < 1.29 is 80.5 Å². The normalized spacial score (nSPS) is 11.6. The van der Waals surface area contributed by atoms with Crippen molar-refractivity contribution in [1.82, 2.24) is 19.9 Å². The first kappa shape index (κ1) is 59.5. The number of nitrogens with one attached hydrogen (secondary N) is 1. The van der Waals surface area contributed by atoms with E-state index in [1.54, 1.807) is 14.0 Å². The number of methoxy groups -OCH3 is 2. The van der Waals surface area contributed by atoms with Crippen LogP contribution in [0.2, 0.25) is 5.15 Å². The molecule has 0 spiro atoms. The highest BCUT2D eigenvalue weighted by Crippen LogP contribution is 2.34. The quantitative estimate of drug-likeness (QED) is 0.0310. The molecule has 0 fully saturated rings. The molecule has 2 heterocycles. The fraction of sp³-hybridized carbons (Fsp3) is 0.333. The van der Waals surface area contributed by atoms with Crippen LogP contribution in [0.4, 0.5) is 37.7 Å². The lowest BCUT2D eigenvalue weighted by atomic mass is 10.0. The number of ketones is 2. The zero-order valence-corrected chi connectivity index (χ0v) is 42.6. The lowest BCUT2D eigenvalue weighted by Gasteiger charge is -2.25. The van der Waals surface area contributed by atoms with Gasteiger partial charge in [-0.25, -0.2) is 66.5 Å². The van der Waals surface area contributed by atoms with Crippen LogP contribution in [0.15, 0.2) is 60.9 Å². The second-order valence-electron chi connectivity index (χ2n) is 15.1. The lowest BCUT2D eigenvalue weighted by molar-refractivity contribution is 0.102. The minimum atomic E-state index is -4.73. The molecule has 2 aromatic heterocycles. The second kappa shape index (κ2) is 26.2. The largest absolute Gasteiger partial charge is 0.474 e. The molecule has 0 aliphatic rings. The number of carbonyl (C=O) groups is 2. The Labute approximate surface area is 420 Å². The molecule has 0 saturated heterocycles. The average Bonchev–Trinajstić information content (AvgIpc) is 3.32. The second-order valence-corrected chi connectivity index (χ2v) is 21.4. The predicted octanol–water partition coefficient (Wildman–Crippen LogP) is 7.30. The fourth-order valence-corrected chi connectivity index (χ4v) is 11.7. The van der Waals surface area contributed by atoms with Gasteiger partial charge >= 0.3 is 0 Å². The number of rotatable bonds is 21. The van der Waals surface area contributed by atoms with Gasteiger partial charge in [0.25, 0.3) is 0 Å². The number of ether oxygens (including phenoxy) is 3. The summed E-state index contributed by atoms with van der Waals surface area (Å²) < 4.78 is 180. The van der Waals surface area contributed by atoms with Crippen LogP contribution in [0.1, 0.15) is 71.9 Å². The number of fused-ring (bicyclic) bond motifs is 2. The molecule has 2 N–H and O–H groups in total. The van der Waals surface area contributed by atoms with E-state index in [9.17, 15) is 56.8 Å². The molecule has 0 amide bonds. The number of benzene rings is 4. The third-order valence-corrected chi connectivity index (χ3v) is 15.8. The molecule has 0 saturated carbocycles. The number of aromatic nitrogens is 4. The molecule has 4 aromatic carbocycles. The number of hydrogen-bond acceptors (Lipinski definition) is 16. The van der Waals surface area contributed by atoms with Gasteiger partial charge in [0.05, 0.1) is 88.4 Å². The van der Waals surface area contributed by atoms with Gasteiger partial charge < -0.3 is 19.3 Å². The summed E-state index contributed by atoms with van der Waals surface area (Å²) in [5, 5.41) is 7.92. The number of halogens is 7. The first-order valence-electron chi connectivity index (χ1n) is 21.5. The Hall–Kier alpha value is -6.10. The van der Waals surface area contributed by atoms with Gasteiger partial charge in [-0.15, -0.1) is 0 Å². The van der Waals surface area contributed by atoms with Gasteiger partial charge in [-0.1, -0.05) is 32.4 Å². The maximum atomic E-state index is 15.6. The lowest BCUT2D eigenvalue weighted by Crippen LogP contribution is -2.40. The van der Waals surface area contributed by atoms with Crippen LogP contribution in [0.3, 0.4) is 0 Å². The Kier molecular flexibility index (Phi) is 21.4. The number of anilines is 2. The van der Waals surface area contributed by atoms with E-state index in [0.717, 1.165) is 12.1 Å². The standard InChI is InChI=1S/C21H19ClF3N3O5S2.C21H20F3N3O5S.C3H8O2/c1-3-7-34(30,31)28(35(32,33)8-4-2)16-10-13(23)19(24)18(20(16)25)21(29)12-5-6-14-15(9-12)27-17(22)11-26-14;1-3-8-33(29,30)27-16-10-13(22)19(23)18(20(16)24)21(28)12-4-5-14-15(9-12)26-17(11-25-14)32-7-6-31-2;1-5-3-2-4/h5-6,9-11H,3-4,7-8H2,1-2H3;4-5,9-11,27H,3,6-8H2,1-2H3;4H,2-3H2,1H3. The van der Waals surface area contributed by atoms with E-state index in [-0.39, 0.29) is 81.2 Å². The minimum absolute atomic E-state index is 0.0228. The van der Waals surface area contributed by atoms with Crippen molar-refractivity contribution >= 4 is 86.7 Å². The van der Waals surface area contributed by atoms with Crippen LogP contribution in [0.25, 0.3) is 22.1 Å². The molecule has 73 heavy (non-hydrogen) atoms. The monoisotopic (exact) mass is 1110 g/mol. The highest BCUT2D eigenvalue weighted by Gasteiger charge is 2.38. The van der Waals surface area contributed by atoms with Crippen molar-refractivity contribution in [2.24, 2.45) is 0 Å². The number of nitrogens with zero attached hydrogens (tertiary/aromatic N) is 5. The van der Waals surface area contributed by atoms with E-state index in [1.165, 1.54) is 57.6 Å². The zero-order chi connectivity index (χ0) is 54.4. The molecule has 6 aromatic rings. The maximum absolute atomic E-state index is 15.6. The molecule has 0 aliphatic carbocycles. The zero-order valence-electron chi connectivity index (χ0n) is 39.4. The molecule has 0 unspecified atom stereocenters. The van der Waals surface area contributed by atoms with Gasteiger partial charge in [0.2, 0.25) is 35.9 Å². The van der Waals surface area contributed by atoms with Gasteiger partial charge in [0.15, 0.2) is 46.5 Å². The summed E-state index contributed by atoms with van der Waals surface area (Å²) in [5.41, 5.74) is -4.46. The molecular formula is C45H47ClF6N6O12S3. The van der Waals surface area contributed by atoms with E-state index in [1.807, 2.05) is 4.72 Å². The number of carbonyl (C=O) groups excluding carboxylic acids is 2. The molecule has 28 heteroatoms. The van der Waals surface area contributed by atoms with E-state index < -0.39 is 111 Å². The Morgan fingerprint density at radius 1 is 0.630 bits per heavy atom. The van der Waals surface area contributed by atoms with Crippen molar-refractivity contribution in [3.8, 4) is 5.88 Å². The Bertz CT molecular complexity index is 3290. The van der Waals surface area contributed by atoms with Gasteiger partial charge in [0.1, 0.15) is 17.4 Å². The molecule has 18 nitrogen and oxygen atoms in total. The highest BCUT2D eigenvalue weighted by atomic mass is 35.5. The van der Waals surface area contributed by atoms with Gasteiger partial charge in [-0.3, -0.25) is 19.3 Å². The number of hydrogen-bond donors (Lipinski definition) is 2. The molecule has 0 atom stereocenters. The van der Waals surface area contributed by atoms with Crippen LogP contribution in [-0.4, -0.2) is 120 Å². The summed E-state index contributed by atoms with van der Waals surface area (Å²) in [4.78, 5) is 42.2.